The van der Waals surface area contributed by atoms with Crippen LogP contribution in [0.1, 0.15) is 152 Å². The number of nitrogen functional groups attached to an aromatic ring is 4. The second-order valence-corrected chi connectivity index (χ2v) is 28.8. The molecule has 0 radical (unpaired) electrons. The maximum absolute atomic E-state index is 12.0. The lowest BCUT2D eigenvalue weighted by Crippen LogP contribution is -2.23. The van der Waals surface area contributed by atoms with Gasteiger partial charge in [0.15, 0.2) is 11.6 Å². The van der Waals surface area contributed by atoms with Gasteiger partial charge < -0.3 is 27.7 Å². The quantitative estimate of drug-likeness (QED) is 0.0697. The molecule has 0 aliphatic heterocycles. The Morgan fingerprint density at radius 2 is 0.943 bits per heavy atom. The van der Waals surface area contributed by atoms with Gasteiger partial charge >= 0.3 is 6.18 Å². The molecule has 12 aromatic rings. The molecule has 1 aliphatic rings. The summed E-state index contributed by atoms with van der Waals surface area (Å²) >= 11 is 0. The summed E-state index contributed by atoms with van der Waals surface area (Å²) in [5.74, 6) is 1.82. The van der Waals surface area contributed by atoms with E-state index >= 15 is 0 Å². The van der Waals surface area contributed by atoms with Gasteiger partial charge in [0.05, 0.1) is 16.8 Å². The van der Waals surface area contributed by atoms with E-state index in [0.717, 1.165) is 63.6 Å². The van der Waals surface area contributed by atoms with Crippen molar-refractivity contribution in [2.24, 2.45) is 0 Å². The highest BCUT2D eigenvalue weighted by atomic mass is 19.4. The van der Waals surface area contributed by atoms with Crippen molar-refractivity contribution in [2.75, 3.05) is 22.9 Å². The summed E-state index contributed by atoms with van der Waals surface area (Å²) in [5.41, 5.74) is 44.6. The lowest BCUT2D eigenvalue weighted by atomic mass is 9.74. The number of carbonyl (C=O) groups is 2. The number of para-hydroxylation sites is 2. The molecule has 1 aliphatic carbocycles. The first-order chi connectivity index (χ1) is 49.6. The number of allylic oxidation sites excluding steroid dienone is 1. The van der Waals surface area contributed by atoms with Gasteiger partial charge in [-0.2, -0.15) is 13.2 Å². The summed E-state index contributed by atoms with van der Waals surface area (Å²) in [6.45, 7) is 33.3. The second-order valence-electron chi connectivity index (χ2n) is 28.8. The number of rotatable bonds is 7. The fourth-order valence-corrected chi connectivity index (χ4v) is 10.8. The Morgan fingerprint density at radius 3 is 1.47 bits per heavy atom. The molecule has 1 aromatic heterocycles. The SMILES string of the molecule is C=Cc1cccc(C)c1.CC(=O)/C=C/c1ccc(N)cc1.CC(C)(C)c1cc(C(C)(C)C)c(N)c(C(C)(C)C)c1.Cc1ccc(Oc2ccccc2)cc1.Cc1ccc2c(c1)Cc1ccccc1-2.Cc1cccc(C(F)(F)F)c1.Nc1ccc(C(=O)c2ccccc2)cc1.Nc1cccc2cccnc12. The summed E-state index contributed by atoms with van der Waals surface area (Å²) in [4.78, 5) is 26.6. The molecule has 0 saturated heterocycles. The average molecular weight is 1410 g/mol. The molecule has 0 spiro atoms. The van der Waals surface area contributed by atoms with E-state index in [0.29, 0.717) is 22.4 Å². The van der Waals surface area contributed by atoms with E-state index in [-0.39, 0.29) is 27.8 Å². The number of fused-ring (bicyclic) bond motifs is 4. The number of anilines is 4. The van der Waals surface area contributed by atoms with E-state index in [9.17, 15) is 22.8 Å². The molecule has 13 rings (SSSR count). The predicted molar refractivity (Wildman–Crippen MR) is 439 cm³/mol. The number of alkyl halides is 3. The third kappa shape index (κ3) is 27.3. The van der Waals surface area contributed by atoms with E-state index in [1.165, 1.54) is 80.3 Å². The first kappa shape index (κ1) is 82.4. The van der Waals surface area contributed by atoms with Gasteiger partial charge in [-0.3, -0.25) is 14.6 Å². The van der Waals surface area contributed by atoms with E-state index in [4.69, 9.17) is 27.7 Å². The molecular weight excluding hydrogens is 1300 g/mol. The molecular formula is C94H102F3N5O3. The summed E-state index contributed by atoms with van der Waals surface area (Å²) in [7, 11) is 0. The zero-order valence-electron chi connectivity index (χ0n) is 63.2. The van der Waals surface area contributed by atoms with Gasteiger partial charge in [-0.1, -0.05) is 291 Å². The number of benzene rings is 11. The van der Waals surface area contributed by atoms with Gasteiger partial charge in [0, 0.05) is 39.8 Å². The molecule has 0 fully saturated rings. The van der Waals surface area contributed by atoms with Gasteiger partial charge in [0.25, 0.3) is 0 Å². The molecule has 8 N–H and O–H groups in total. The molecule has 11 aromatic carbocycles. The minimum atomic E-state index is -4.22. The van der Waals surface area contributed by atoms with Crippen LogP contribution in [0.5, 0.6) is 11.5 Å². The Kier molecular flexibility index (Phi) is 30.3. The van der Waals surface area contributed by atoms with Crippen molar-refractivity contribution in [3.63, 3.8) is 0 Å². The number of pyridine rings is 1. The predicted octanol–water partition coefficient (Wildman–Crippen LogP) is 24.4. The van der Waals surface area contributed by atoms with Crippen molar-refractivity contribution in [2.45, 2.75) is 126 Å². The van der Waals surface area contributed by atoms with Crippen molar-refractivity contribution in [3.8, 4) is 22.6 Å². The van der Waals surface area contributed by atoms with Crippen LogP contribution in [0, 0.1) is 27.7 Å². The zero-order chi connectivity index (χ0) is 77.1. The van der Waals surface area contributed by atoms with Gasteiger partial charge in [0.2, 0.25) is 0 Å². The highest BCUT2D eigenvalue weighted by Gasteiger charge is 2.30. The van der Waals surface area contributed by atoms with Crippen LogP contribution in [-0.2, 0) is 33.6 Å². The number of hydrogen-bond donors (Lipinski definition) is 4. The minimum absolute atomic E-state index is 0.0237. The standard InChI is InChI=1S/C18H31N.C14H12.C13H11NO.C13H12O.C10H11NO.C9H8N2.C9H10.C8H7F3/c1-16(2,3)12-10-13(17(4,5)6)15(19)14(11-12)18(7,8)9;1-10-6-7-14-12(8-10)9-11-4-2-3-5-13(11)14;14-12-8-6-11(7-9-12)13(15)10-4-2-1-3-5-10;1-11-7-9-13(10-8-11)14-12-5-3-2-4-6-12;1-8(12)2-3-9-4-6-10(11)7-5-9;10-8-5-1-3-7-4-2-6-11-9(7)8;1-3-9-6-4-5-8(2)7-9;1-6-3-2-4-7(5-6)8(9,10)11/h10-11H,19H2,1-9H3;2-8H,9H2,1H3;1-9H,14H2;2-10H,1H3;2-7H,11H2,1H3;1-6H,10H2;3-7H,1H2,2H3;2-5H,1H3/b;;;;3-2+;;;. The number of aryl methyl sites for hydroxylation is 4. The van der Waals surface area contributed by atoms with E-state index in [2.05, 4.69) is 161 Å². The zero-order valence-corrected chi connectivity index (χ0v) is 63.2. The minimum Gasteiger partial charge on any atom is -0.457 e. The number of carbonyl (C=O) groups excluding carboxylic acids is 2. The highest BCUT2D eigenvalue weighted by Crippen LogP contribution is 2.40. The van der Waals surface area contributed by atoms with Gasteiger partial charge in [-0.25, -0.2) is 0 Å². The molecule has 0 atom stereocenters. The number of ether oxygens (including phenoxy) is 1. The van der Waals surface area contributed by atoms with Crippen molar-refractivity contribution in [1.29, 1.82) is 0 Å². The topological polar surface area (TPSA) is 160 Å². The summed E-state index contributed by atoms with van der Waals surface area (Å²) < 4.78 is 41.5. The van der Waals surface area contributed by atoms with Crippen LogP contribution < -0.4 is 27.7 Å². The summed E-state index contributed by atoms with van der Waals surface area (Å²) in [6, 6.07) is 84.5. The maximum atomic E-state index is 12.0. The Labute approximate surface area is 621 Å². The van der Waals surface area contributed by atoms with Gasteiger partial charge in [0.1, 0.15) is 11.5 Å². The molecule has 542 valence electrons. The molecule has 0 bridgehead atoms. The van der Waals surface area contributed by atoms with Crippen LogP contribution in [0.25, 0.3) is 34.2 Å². The Bertz CT molecular complexity index is 4740. The first-order valence-electron chi connectivity index (χ1n) is 34.9. The van der Waals surface area contributed by atoms with Crippen LogP contribution in [0.3, 0.4) is 0 Å². The number of aromatic nitrogens is 1. The van der Waals surface area contributed by atoms with Crippen molar-refractivity contribution in [3.05, 3.63) is 364 Å². The smallest absolute Gasteiger partial charge is 0.416 e. The number of ketones is 2. The van der Waals surface area contributed by atoms with Crippen LogP contribution in [0.4, 0.5) is 35.9 Å². The number of nitrogens with zero attached hydrogens (tertiary/aromatic N) is 1. The fourth-order valence-electron chi connectivity index (χ4n) is 10.8. The number of nitrogens with two attached hydrogens (primary N) is 4. The molecule has 105 heavy (non-hydrogen) atoms. The molecule has 11 heteroatoms. The monoisotopic (exact) mass is 1410 g/mol. The van der Waals surface area contributed by atoms with E-state index in [1.807, 2.05) is 133 Å². The first-order valence-corrected chi connectivity index (χ1v) is 34.9. The van der Waals surface area contributed by atoms with Crippen LogP contribution in [0.2, 0.25) is 0 Å². The Balaban J connectivity index is 0.000000190. The fraction of sp³-hybridized carbons (Fsp3) is 0.202. The highest BCUT2D eigenvalue weighted by molar-refractivity contribution is 6.09. The van der Waals surface area contributed by atoms with E-state index in [1.54, 1.807) is 73.8 Å². The largest absolute Gasteiger partial charge is 0.457 e. The Hall–Kier alpha value is -11.6. The lowest BCUT2D eigenvalue weighted by Gasteiger charge is -2.32. The van der Waals surface area contributed by atoms with Crippen molar-refractivity contribution >= 4 is 57.4 Å². The third-order valence-corrected chi connectivity index (χ3v) is 16.6. The molecule has 0 unspecified atom stereocenters. The molecule has 0 saturated carbocycles. The lowest BCUT2D eigenvalue weighted by molar-refractivity contribution is -0.137. The third-order valence-electron chi connectivity index (χ3n) is 16.6. The molecule has 8 nitrogen and oxygen atoms in total. The average Bonchev–Trinajstić information content (AvgIpc) is 1.76. The number of hydrogen-bond acceptors (Lipinski definition) is 8. The molecule has 0 amide bonds. The van der Waals surface area contributed by atoms with E-state index < -0.39 is 11.7 Å². The second kappa shape index (κ2) is 38.6. The van der Waals surface area contributed by atoms with Crippen molar-refractivity contribution in [1.82, 2.24) is 4.98 Å². The summed E-state index contributed by atoms with van der Waals surface area (Å²) in [5, 5.41) is 1.09. The van der Waals surface area contributed by atoms with Gasteiger partial charge in [-0.15, -0.1) is 0 Å². The van der Waals surface area contributed by atoms with Crippen LogP contribution in [-0.4, -0.2) is 16.6 Å². The van der Waals surface area contributed by atoms with Crippen molar-refractivity contribution < 1.29 is 27.5 Å². The molecule has 1 heterocycles. The van der Waals surface area contributed by atoms with Crippen LogP contribution in [0.15, 0.2) is 286 Å². The van der Waals surface area contributed by atoms with Crippen LogP contribution >= 0.6 is 0 Å². The maximum Gasteiger partial charge on any atom is 0.416 e. The number of halogens is 3. The van der Waals surface area contributed by atoms with Gasteiger partial charge in [-0.05, 0) is 192 Å². The summed E-state index contributed by atoms with van der Waals surface area (Å²) in [6.07, 6.45) is 3.79. The normalized spacial score (nSPS) is 11.1. The Morgan fingerprint density at radius 1 is 0.448 bits per heavy atom.